The Hall–Kier alpha value is -2.02. The van der Waals surface area contributed by atoms with Gasteiger partial charge in [0.2, 0.25) is 5.39 Å². The summed E-state index contributed by atoms with van der Waals surface area (Å²) in [7, 11) is 0. The molecule has 0 aliphatic heterocycles. The SMILES string of the molecule is CC(C)(C)O/C(O)=C(/Cc1ccccc1)[N+]#N. The van der Waals surface area contributed by atoms with Crippen LogP contribution in [-0.4, -0.2) is 10.7 Å². The second kappa shape index (κ2) is 5.35. The van der Waals surface area contributed by atoms with Gasteiger partial charge in [-0.2, -0.15) is 0 Å². The van der Waals surface area contributed by atoms with E-state index in [-0.39, 0.29) is 11.6 Å². The van der Waals surface area contributed by atoms with Crippen LogP contribution in [-0.2, 0) is 11.2 Å². The van der Waals surface area contributed by atoms with Crippen LogP contribution in [0, 0.1) is 5.39 Å². The number of diazo groups is 1. The Bertz CT molecular complexity index is 439. The topological polar surface area (TPSA) is 57.6 Å². The molecule has 0 unspecified atom stereocenters. The number of rotatable bonds is 3. The van der Waals surface area contributed by atoms with Crippen molar-refractivity contribution in [2.75, 3.05) is 0 Å². The fourth-order valence-corrected chi connectivity index (χ4v) is 1.29. The van der Waals surface area contributed by atoms with Crippen molar-refractivity contribution in [2.45, 2.75) is 32.8 Å². The van der Waals surface area contributed by atoms with Crippen LogP contribution < -0.4 is 0 Å². The number of benzene rings is 1. The summed E-state index contributed by atoms with van der Waals surface area (Å²) >= 11 is 0. The van der Waals surface area contributed by atoms with E-state index in [1.54, 1.807) is 20.8 Å². The van der Waals surface area contributed by atoms with Gasteiger partial charge in [-0.15, -0.1) is 0 Å². The maximum atomic E-state index is 9.71. The molecule has 0 amide bonds. The second-order valence-corrected chi connectivity index (χ2v) is 4.73. The van der Waals surface area contributed by atoms with Crippen molar-refractivity contribution in [2.24, 2.45) is 0 Å². The predicted octanol–water partition coefficient (Wildman–Crippen LogP) is 3.62. The van der Waals surface area contributed by atoms with Crippen molar-refractivity contribution < 1.29 is 9.84 Å². The Labute approximate surface area is 101 Å². The lowest BCUT2D eigenvalue weighted by Gasteiger charge is -2.18. The normalized spacial score (nSPS) is 12.6. The van der Waals surface area contributed by atoms with E-state index in [0.29, 0.717) is 6.42 Å². The molecule has 1 aromatic rings. The highest BCUT2D eigenvalue weighted by atomic mass is 16.6. The summed E-state index contributed by atoms with van der Waals surface area (Å²) < 4.78 is 5.24. The average molecular weight is 233 g/mol. The van der Waals surface area contributed by atoms with E-state index in [0.717, 1.165) is 5.56 Å². The van der Waals surface area contributed by atoms with Gasteiger partial charge in [-0.1, -0.05) is 30.3 Å². The van der Waals surface area contributed by atoms with Gasteiger partial charge in [-0.3, -0.25) is 0 Å². The molecule has 4 nitrogen and oxygen atoms in total. The molecular weight excluding hydrogens is 216 g/mol. The highest BCUT2D eigenvalue weighted by molar-refractivity contribution is 5.24. The van der Waals surface area contributed by atoms with E-state index >= 15 is 0 Å². The Kier molecular flexibility index (Phi) is 4.11. The van der Waals surface area contributed by atoms with Crippen molar-refractivity contribution >= 4 is 0 Å². The van der Waals surface area contributed by atoms with Crippen LogP contribution in [0.25, 0.3) is 4.98 Å². The number of ether oxygens (including phenoxy) is 1. The number of aliphatic hydroxyl groups is 1. The van der Waals surface area contributed by atoms with Crippen molar-refractivity contribution in [3.8, 4) is 0 Å². The molecule has 0 bridgehead atoms. The molecule has 0 radical (unpaired) electrons. The van der Waals surface area contributed by atoms with Gasteiger partial charge in [-0.05, 0) is 26.3 Å². The molecule has 0 saturated carbocycles. The Balaban J connectivity index is 2.86. The van der Waals surface area contributed by atoms with Crippen molar-refractivity contribution in [1.29, 1.82) is 5.39 Å². The lowest BCUT2D eigenvalue weighted by Crippen LogP contribution is -2.19. The zero-order valence-electron chi connectivity index (χ0n) is 10.3. The number of aliphatic hydroxyl groups excluding tert-OH is 1. The molecule has 17 heavy (non-hydrogen) atoms. The highest BCUT2D eigenvalue weighted by Gasteiger charge is 2.25. The maximum Gasteiger partial charge on any atom is 0.444 e. The smallest absolute Gasteiger partial charge is 0.444 e. The quantitative estimate of drug-likeness (QED) is 0.640. The number of hydrogen-bond acceptors (Lipinski definition) is 3. The molecule has 90 valence electrons. The fourth-order valence-electron chi connectivity index (χ4n) is 1.29. The Morgan fingerprint density at radius 1 is 1.29 bits per heavy atom. The van der Waals surface area contributed by atoms with Crippen LogP contribution in [0.5, 0.6) is 0 Å². The fraction of sp³-hybridized carbons (Fsp3) is 0.385. The van der Waals surface area contributed by atoms with Gasteiger partial charge in [0.15, 0.2) is 4.98 Å². The Morgan fingerprint density at radius 2 is 1.88 bits per heavy atom. The largest absolute Gasteiger partial charge is 0.475 e. The highest BCUT2D eigenvalue weighted by Crippen LogP contribution is 2.18. The molecule has 1 N–H and O–H groups in total. The molecule has 0 saturated heterocycles. The van der Waals surface area contributed by atoms with Crippen molar-refractivity contribution in [3.63, 3.8) is 0 Å². The summed E-state index contributed by atoms with van der Waals surface area (Å²) in [4.78, 5) is 3.07. The molecule has 0 aromatic heterocycles. The third kappa shape index (κ3) is 4.56. The molecule has 0 aliphatic carbocycles. The number of nitrogens with zero attached hydrogens (tertiary/aromatic N) is 2. The first-order valence-corrected chi connectivity index (χ1v) is 5.42. The Morgan fingerprint density at radius 3 is 2.35 bits per heavy atom. The van der Waals surface area contributed by atoms with E-state index in [9.17, 15) is 5.11 Å². The minimum Gasteiger partial charge on any atom is -0.475 e. The van der Waals surface area contributed by atoms with Gasteiger partial charge in [0.1, 0.15) is 5.60 Å². The van der Waals surface area contributed by atoms with Gasteiger partial charge in [0.05, 0.1) is 6.42 Å². The average Bonchev–Trinajstić information content (AvgIpc) is 2.24. The lowest BCUT2D eigenvalue weighted by molar-refractivity contribution is -0.0169. The summed E-state index contributed by atoms with van der Waals surface area (Å²) in [6, 6.07) is 9.43. The van der Waals surface area contributed by atoms with E-state index in [2.05, 4.69) is 4.98 Å². The standard InChI is InChI=1S/C13H16N2O2/c1-13(2,3)17-12(16)11(15-14)9-10-7-5-4-6-8-10/h4-8H,9H2,1-3H3/p+1/b12-11-. The van der Waals surface area contributed by atoms with E-state index in [4.69, 9.17) is 10.1 Å². The summed E-state index contributed by atoms with van der Waals surface area (Å²) in [6.07, 6.45) is 0.319. The third-order valence-electron chi connectivity index (χ3n) is 1.98. The van der Waals surface area contributed by atoms with Gasteiger partial charge >= 0.3 is 11.6 Å². The summed E-state index contributed by atoms with van der Waals surface area (Å²) in [5.41, 5.74) is 0.520. The van der Waals surface area contributed by atoms with Crippen LogP contribution in [0.1, 0.15) is 26.3 Å². The molecule has 0 spiro atoms. The summed E-state index contributed by atoms with van der Waals surface area (Å²) in [5.74, 6) is -0.344. The molecular formula is C13H17N2O2+. The van der Waals surface area contributed by atoms with Crippen LogP contribution >= 0.6 is 0 Å². The van der Waals surface area contributed by atoms with Gasteiger partial charge in [0, 0.05) is 0 Å². The molecule has 0 atom stereocenters. The predicted molar refractivity (Wildman–Crippen MR) is 65.7 cm³/mol. The summed E-state index contributed by atoms with van der Waals surface area (Å²) in [5, 5.41) is 18.6. The molecule has 0 aliphatic rings. The van der Waals surface area contributed by atoms with Gasteiger partial charge in [-0.25, -0.2) is 0 Å². The monoisotopic (exact) mass is 233 g/mol. The molecule has 1 aromatic carbocycles. The van der Waals surface area contributed by atoms with Crippen molar-refractivity contribution in [3.05, 3.63) is 52.5 Å². The van der Waals surface area contributed by atoms with E-state index < -0.39 is 5.60 Å². The van der Waals surface area contributed by atoms with Crippen LogP contribution in [0.2, 0.25) is 0 Å². The van der Waals surface area contributed by atoms with E-state index in [1.165, 1.54) is 0 Å². The number of hydrogen-bond donors (Lipinski definition) is 1. The van der Waals surface area contributed by atoms with Gasteiger partial charge in [0.25, 0.3) is 0 Å². The minimum atomic E-state index is -0.531. The molecule has 0 heterocycles. The first kappa shape index (κ1) is 13.0. The lowest BCUT2D eigenvalue weighted by atomic mass is 10.1. The molecule has 4 heteroatoms. The first-order chi connectivity index (χ1) is 7.92. The zero-order chi connectivity index (χ0) is 12.9. The van der Waals surface area contributed by atoms with Crippen LogP contribution in [0.4, 0.5) is 0 Å². The maximum absolute atomic E-state index is 9.71. The third-order valence-corrected chi connectivity index (χ3v) is 1.98. The number of allylic oxidation sites excluding steroid dienone is 1. The minimum absolute atomic E-state index is 0.117. The van der Waals surface area contributed by atoms with E-state index in [1.807, 2.05) is 30.3 Å². The second-order valence-electron chi connectivity index (χ2n) is 4.73. The van der Waals surface area contributed by atoms with Crippen molar-refractivity contribution in [1.82, 2.24) is 0 Å². The molecule has 0 fully saturated rings. The van der Waals surface area contributed by atoms with Gasteiger partial charge < -0.3 is 9.84 Å². The first-order valence-electron chi connectivity index (χ1n) is 5.42. The zero-order valence-corrected chi connectivity index (χ0v) is 10.3. The van der Waals surface area contributed by atoms with Crippen LogP contribution in [0.3, 0.4) is 0 Å². The summed E-state index contributed by atoms with van der Waals surface area (Å²) in [6.45, 7) is 5.42. The van der Waals surface area contributed by atoms with Crippen LogP contribution in [0.15, 0.2) is 42.0 Å². The molecule has 1 rings (SSSR count).